The Morgan fingerprint density at radius 1 is 1.50 bits per heavy atom. The van der Waals surface area contributed by atoms with Crippen molar-refractivity contribution in [1.82, 2.24) is 0 Å². The minimum Gasteiger partial charge on any atom is -0.0902 e. The van der Waals surface area contributed by atoms with E-state index in [-0.39, 0.29) is 0 Å². The number of allylic oxidation sites excluding steroid dienone is 2. The van der Waals surface area contributed by atoms with Crippen LogP contribution in [-0.2, 0) is 0 Å². The van der Waals surface area contributed by atoms with E-state index in [1.165, 1.54) is 6.42 Å². The normalized spacial score (nSPS) is 41.1. The predicted molar refractivity (Wildman–Crippen MR) is 49.0 cm³/mol. The SMILES string of the molecule is BC1C=C(C)C(C)C(C)C1. The Balaban J connectivity index is 2.71. The summed E-state index contributed by atoms with van der Waals surface area (Å²) in [5.74, 6) is 2.52. The topological polar surface area (TPSA) is 0 Å². The van der Waals surface area contributed by atoms with Gasteiger partial charge in [-0.05, 0) is 18.8 Å². The van der Waals surface area contributed by atoms with Crippen LogP contribution in [0.15, 0.2) is 11.6 Å². The van der Waals surface area contributed by atoms with Gasteiger partial charge in [0, 0.05) is 0 Å². The molecule has 1 aliphatic rings. The largest absolute Gasteiger partial charge is 0.110 e. The number of rotatable bonds is 0. The highest BCUT2D eigenvalue weighted by Gasteiger charge is 2.20. The average Bonchev–Trinajstić information content (AvgIpc) is 1.82. The fourth-order valence-corrected chi connectivity index (χ4v) is 1.91. The zero-order valence-corrected chi connectivity index (χ0v) is 7.52. The molecule has 56 valence electrons. The van der Waals surface area contributed by atoms with Crippen molar-refractivity contribution >= 4 is 7.85 Å². The van der Waals surface area contributed by atoms with Gasteiger partial charge in [0.1, 0.15) is 7.85 Å². The van der Waals surface area contributed by atoms with Crippen molar-refractivity contribution in [3.8, 4) is 0 Å². The molecule has 0 saturated carbocycles. The zero-order valence-electron chi connectivity index (χ0n) is 7.52. The molecule has 0 saturated heterocycles. The van der Waals surface area contributed by atoms with Gasteiger partial charge in [0.05, 0.1) is 0 Å². The lowest BCUT2D eigenvalue weighted by Gasteiger charge is -2.28. The quantitative estimate of drug-likeness (QED) is 0.353. The summed E-state index contributed by atoms with van der Waals surface area (Å²) >= 11 is 0. The first kappa shape index (κ1) is 7.91. The van der Waals surface area contributed by atoms with Crippen LogP contribution < -0.4 is 0 Å². The summed E-state index contributed by atoms with van der Waals surface area (Å²) in [7, 11) is 2.31. The van der Waals surface area contributed by atoms with E-state index in [0.717, 1.165) is 17.7 Å². The number of hydrogen-bond acceptors (Lipinski definition) is 0. The molecule has 0 heterocycles. The highest BCUT2D eigenvalue weighted by Crippen LogP contribution is 2.33. The summed E-state index contributed by atoms with van der Waals surface area (Å²) in [5.41, 5.74) is 1.59. The Morgan fingerprint density at radius 3 is 2.60 bits per heavy atom. The second-order valence-electron chi connectivity index (χ2n) is 3.89. The van der Waals surface area contributed by atoms with E-state index in [0.29, 0.717) is 0 Å². The van der Waals surface area contributed by atoms with Crippen LogP contribution in [-0.4, -0.2) is 7.85 Å². The van der Waals surface area contributed by atoms with E-state index in [4.69, 9.17) is 0 Å². The third-order valence-corrected chi connectivity index (χ3v) is 2.86. The molecule has 0 aliphatic heterocycles. The molecule has 0 radical (unpaired) electrons. The van der Waals surface area contributed by atoms with Gasteiger partial charge < -0.3 is 0 Å². The summed E-state index contributed by atoms with van der Waals surface area (Å²) in [6.45, 7) is 6.96. The molecular weight excluding hydrogens is 119 g/mol. The van der Waals surface area contributed by atoms with Crippen LogP contribution in [0.1, 0.15) is 27.2 Å². The van der Waals surface area contributed by atoms with Gasteiger partial charge in [0.15, 0.2) is 0 Å². The first-order valence-electron chi connectivity index (χ1n) is 4.29. The smallest absolute Gasteiger partial charge is 0.0902 e. The third kappa shape index (κ3) is 1.45. The highest BCUT2D eigenvalue weighted by molar-refractivity contribution is 6.13. The van der Waals surface area contributed by atoms with Crippen molar-refractivity contribution in [3.63, 3.8) is 0 Å². The fourth-order valence-electron chi connectivity index (χ4n) is 1.91. The lowest BCUT2D eigenvalue weighted by atomic mass is 9.69. The van der Waals surface area contributed by atoms with Crippen molar-refractivity contribution < 1.29 is 0 Å². The Hall–Kier alpha value is -0.195. The molecule has 0 N–H and O–H groups in total. The molecule has 0 nitrogen and oxygen atoms in total. The monoisotopic (exact) mass is 136 g/mol. The maximum absolute atomic E-state index is 2.42. The molecule has 1 aliphatic carbocycles. The van der Waals surface area contributed by atoms with Gasteiger partial charge in [-0.15, -0.1) is 0 Å². The van der Waals surface area contributed by atoms with Crippen molar-refractivity contribution in [2.45, 2.75) is 33.0 Å². The van der Waals surface area contributed by atoms with Crippen molar-refractivity contribution in [1.29, 1.82) is 0 Å². The molecule has 3 unspecified atom stereocenters. The molecular formula is C9H17B. The van der Waals surface area contributed by atoms with Gasteiger partial charge in [0.25, 0.3) is 0 Å². The second-order valence-corrected chi connectivity index (χ2v) is 3.89. The van der Waals surface area contributed by atoms with Crippen LogP contribution in [0.2, 0.25) is 5.82 Å². The third-order valence-electron chi connectivity index (χ3n) is 2.86. The molecule has 0 fully saturated rings. The molecule has 10 heavy (non-hydrogen) atoms. The molecule has 0 aromatic heterocycles. The first-order chi connectivity index (χ1) is 4.61. The summed E-state index contributed by atoms with van der Waals surface area (Å²) < 4.78 is 0. The van der Waals surface area contributed by atoms with Crippen LogP contribution in [0.4, 0.5) is 0 Å². The van der Waals surface area contributed by atoms with Crippen molar-refractivity contribution in [2.24, 2.45) is 11.8 Å². The summed E-state index contributed by atoms with van der Waals surface area (Å²) in [6.07, 6.45) is 3.79. The molecule has 0 aromatic carbocycles. The highest BCUT2D eigenvalue weighted by atomic mass is 14.2. The number of hydrogen-bond donors (Lipinski definition) is 0. The minimum absolute atomic E-state index is 0.811. The van der Waals surface area contributed by atoms with E-state index in [1.807, 2.05) is 0 Å². The predicted octanol–water partition coefficient (Wildman–Crippen LogP) is 2.03. The maximum Gasteiger partial charge on any atom is 0.110 e. The Bertz CT molecular complexity index is 149. The summed E-state index contributed by atoms with van der Waals surface area (Å²) in [4.78, 5) is 0. The molecule has 3 atom stereocenters. The van der Waals surface area contributed by atoms with E-state index < -0.39 is 0 Å². The van der Waals surface area contributed by atoms with Gasteiger partial charge in [-0.1, -0.05) is 37.7 Å². The molecule has 1 heteroatoms. The van der Waals surface area contributed by atoms with Gasteiger partial charge >= 0.3 is 0 Å². The standard InChI is InChI=1S/C9H17B/c1-6-4-9(10)5-7(2)8(6)3/h4,7-9H,5,10H2,1-3H3. The van der Waals surface area contributed by atoms with Crippen molar-refractivity contribution in [2.75, 3.05) is 0 Å². The summed E-state index contributed by atoms with van der Waals surface area (Å²) in [6, 6.07) is 0. The lowest BCUT2D eigenvalue weighted by molar-refractivity contribution is 0.393. The van der Waals surface area contributed by atoms with Gasteiger partial charge in [0.2, 0.25) is 0 Å². The van der Waals surface area contributed by atoms with E-state index in [9.17, 15) is 0 Å². The molecule has 0 aromatic rings. The molecule has 0 amide bonds. The maximum atomic E-state index is 2.42. The average molecular weight is 136 g/mol. The molecule has 1 rings (SSSR count). The van der Waals surface area contributed by atoms with E-state index >= 15 is 0 Å². The fraction of sp³-hybridized carbons (Fsp3) is 0.778. The van der Waals surface area contributed by atoms with Crippen molar-refractivity contribution in [3.05, 3.63) is 11.6 Å². The van der Waals surface area contributed by atoms with Crippen LogP contribution in [0.3, 0.4) is 0 Å². The Labute approximate surface area is 65.1 Å². The Kier molecular flexibility index (Phi) is 2.23. The van der Waals surface area contributed by atoms with Crippen LogP contribution in [0, 0.1) is 11.8 Å². The second kappa shape index (κ2) is 2.81. The van der Waals surface area contributed by atoms with Crippen LogP contribution in [0.5, 0.6) is 0 Å². The Morgan fingerprint density at radius 2 is 2.10 bits per heavy atom. The molecule has 0 bridgehead atoms. The summed E-state index contributed by atoms with van der Waals surface area (Å²) in [5, 5.41) is 0. The van der Waals surface area contributed by atoms with Crippen LogP contribution >= 0.6 is 0 Å². The van der Waals surface area contributed by atoms with Gasteiger partial charge in [-0.2, -0.15) is 0 Å². The first-order valence-corrected chi connectivity index (χ1v) is 4.29. The van der Waals surface area contributed by atoms with E-state index in [2.05, 4.69) is 34.7 Å². The van der Waals surface area contributed by atoms with E-state index in [1.54, 1.807) is 5.57 Å². The lowest BCUT2D eigenvalue weighted by Crippen LogP contribution is -2.16. The van der Waals surface area contributed by atoms with Gasteiger partial charge in [-0.3, -0.25) is 0 Å². The molecule has 0 spiro atoms. The zero-order chi connectivity index (χ0) is 7.72. The minimum atomic E-state index is 0.811. The van der Waals surface area contributed by atoms with Gasteiger partial charge in [-0.25, -0.2) is 0 Å². The van der Waals surface area contributed by atoms with Crippen LogP contribution in [0.25, 0.3) is 0 Å².